The van der Waals surface area contributed by atoms with Crippen molar-refractivity contribution in [2.24, 2.45) is 5.92 Å². The molecule has 1 saturated carbocycles. The van der Waals surface area contributed by atoms with Crippen LogP contribution in [0.5, 0.6) is 0 Å². The van der Waals surface area contributed by atoms with Crippen LogP contribution in [0.15, 0.2) is 24.3 Å². The highest BCUT2D eigenvalue weighted by Gasteiger charge is 2.32. The largest absolute Gasteiger partial charge is 0.309 e. The Kier molecular flexibility index (Phi) is 4.42. The van der Waals surface area contributed by atoms with E-state index in [0.29, 0.717) is 12.1 Å². The van der Waals surface area contributed by atoms with Crippen LogP contribution >= 0.6 is 0 Å². The monoisotopic (exact) mass is 272 g/mol. The van der Waals surface area contributed by atoms with Crippen molar-refractivity contribution in [3.63, 3.8) is 0 Å². The molecule has 0 amide bonds. The summed E-state index contributed by atoms with van der Waals surface area (Å²) in [6.07, 6.45) is 6.76. The Bertz CT molecular complexity index is 439. The van der Waals surface area contributed by atoms with Crippen LogP contribution in [-0.2, 0) is 6.42 Å². The minimum atomic E-state index is 0.502. The number of fused-ring (bicyclic) bond motifs is 1. The van der Waals surface area contributed by atoms with Gasteiger partial charge in [0.1, 0.15) is 0 Å². The quantitative estimate of drug-likeness (QED) is 0.827. The van der Waals surface area contributed by atoms with Crippen LogP contribution in [0.4, 0.5) is 0 Å². The molecule has 0 radical (unpaired) electrons. The standard InChI is InChI=1S/C18H28N2/c1-3-19-18-16-9-5-4-7-15(16)8-6-10-17(18)20(2)13-14-11-12-14/h4-5,7,9,14,17-19H,3,6,8,10-13H2,1-2H3. The summed E-state index contributed by atoms with van der Waals surface area (Å²) in [4.78, 5) is 2.63. The Morgan fingerprint density at radius 1 is 1.20 bits per heavy atom. The molecule has 110 valence electrons. The number of nitrogens with one attached hydrogen (secondary N) is 1. The summed E-state index contributed by atoms with van der Waals surface area (Å²) in [5, 5.41) is 3.76. The number of hydrogen-bond donors (Lipinski definition) is 1. The van der Waals surface area contributed by atoms with Gasteiger partial charge in [-0.25, -0.2) is 0 Å². The minimum absolute atomic E-state index is 0.502. The second-order valence-electron chi connectivity index (χ2n) is 6.58. The maximum atomic E-state index is 3.76. The lowest BCUT2D eigenvalue weighted by atomic mass is 9.95. The number of rotatable bonds is 5. The zero-order valence-corrected chi connectivity index (χ0v) is 12.9. The van der Waals surface area contributed by atoms with Crippen LogP contribution in [-0.4, -0.2) is 31.1 Å². The molecule has 2 aliphatic carbocycles. The molecule has 2 atom stereocenters. The van der Waals surface area contributed by atoms with Crippen LogP contribution in [0.2, 0.25) is 0 Å². The van der Waals surface area contributed by atoms with E-state index >= 15 is 0 Å². The molecule has 2 nitrogen and oxygen atoms in total. The zero-order valence-electron chi connectivity index (χ0n) is 12.9. The zero-order chi connectivity index (χ0) is 13.9. The molecule has 0 aromatic heterocycles. The topological polar surface area (TPSA) is 15.3 Å². The van der Waals surface area contributed by atoms with E-state index in [4.69, 9.17) is 0 Å². The summed E-state index contributed by atoms with van der Waals surface area (Å²) in [6, 6.07) is 10.2. The van der Waals surface area contributed by atoms with Gasteiger partial charge in [-0.3, -0.25) is 0 Å². The molecule has 20 heavy (non-hydrogen) atoms. The van der Waals surface area contributed by atoms with Crippen LogP contribution in [0.25, 0.3) is 0 Å². The van der Waals surface area contributed by atoms with Crippen molar-refractivity contribution in [3.05, 3.63) is 35.4 Å². The van der Waals surface area contributed by atoms with Crippen molar-refractivity contribution < 1.29 is 0 Å². The van der Waals surface area contributed by atoms with E-state index in [1.54, 1.807) is 11.1 Å². The summed E-state index contributed by atoms with van der Waals surface area (Å²) in [5.41, 5.74) is 3.10. The van der Waals surface area contributed by atoms with Crippen molar-refractivity contribution >= 4 is 0 Å². The second kappa shape index (κ2) is 6.28. The average Bonchev–Trinajstić information content (AvgIpc) is 3.26. The predicted octanol–water partition coefficient (Wildman–Crippen LogP) is 3.38. The summed E-state index contributed by atoms with van der Waals surface area (Å²) < 4.78 is 0. The highest BCUT2D eigenvalue weighted by atomic mass is 15.2. The van der Waals surface area contributed by atoms with Gasteiger partial charge in [0.25, 0.3) is 0 Å². The number of benzene rings is 1. The number of hydrogen-bond acceptors (Lipinski definition) is 2. The van der Waals surface area contributed by atoms with Gasteiger partial charge < -0.3 is 10.2 Å². The van der Waals surface area contributed by atoms with Crippen molar-refractivity contribution in [1.82, 2.24) is 10.2 Å². The summed E-state index contributed by atoms with van der Waals surface area (Å²) in [5.74, 6) is 0.973. The number of aryl methyl sites for hydroxylation is 1. The molecule has 1 fully saturated rings. The fraction of sp³-hybridized carbons (Fsp3) is 0.667. The molecule has 2 aliphatic rings. The van der Waals surface area contributed by atoms with E-state index < -0.39 is 0 Å². The van der Waals surface area contributed by atoms with E-state index in [2.05, 4.69) is 48.5 Å². The van der Waals surface area contributed by atoms with E-state index in [1.807, 2.05) is 0 Å². The lowest BCUT2D eigenvalue weighted by Gasteiger charge is -2.35. The van der Waals surface area contributed by atoms with Gasteiger partial charge in [0.05, 0.1) is 0 Å². The van der Waals surface area contributed by atoms with E-state index in [9.17, 15) is 0 Å². The smallest absolute Gasteiger partial charge is 0.0480 e. The van der Waals surface area contributed by atoms with Gasteiger partial charge in [-0.15, -0.1) is 0 Å². The van der Waals surface area contributed by atoms with Gasteiger partial charge in [-0.2, -0.15) is 0 Å². The third-order valence-corrected chi connectivity index (χ3v) is 4.95. The molecule has 2 unspecified atom stereocenters. The van der Waals surface area contributed by atoms with Crippen LogP contribution in [0, 0.1) is 5.92 Å². The first-order valence-corrected chi connectivity index (χ1v) is 8.31. The van der Waals surface area contributed by atoms with Gasteiger partial charge in [0, 0.05) is 18.6 Å². The molecule has 1 aromatic carbocycles. The molecule has 3 rings (SSSR count). The van der Waals surface area contributed by atoms with Crippen molar-refractivity contribution in [3.8, 4) is 0 Å². The maximum absolute atomic E-state index is 3.76. The first-order valence-electron chi connectivity index (χ1n) is 8.31. The van der Waals surface area contributed by atoms with Crippen molar-refractivity contribution in [2.75, 3.05) is 20.1 Å². The Balaban J connectivity index is 1.84. The first kappa shape index (κ1) is 14.1. The highest BCUT2D eigenvalue weighted by molar-refractivity contribution is 5.32. The Labute approximate surface area is 123 Å². The van der Waals surface area contributed by atoms with Crippen LogP contribution in [0.1, 0.15) is 49.8 Å². The minimum Gasteiger partial charge on any atom is -0.309 e. The Morgan fingerprint density at radius 3 is 2.75 bits per heavy atom. The molecule has 1 N–H and O–H groups in total. The van der Waals surface area contributed by atoms with E-state index in [1.165, 1.54) is 38.6 Å². The molecule has 0 heterocycles. The summed E-state index contributed by atoms with van der Waals surface area (Å²) in [7, 11) is 2.33. The Morgan fingerprint density at radius 2 is 2.00 bits per heavy atom. The second-order valence-corrected chi connectivity index (χ2v) is 6.58. The maximum Gasteiger partial charge on any atom is 0.0480 e. The fourth-order valence-electron chi connectivity index (χ4n) is 3.72. The number of nitrogens with zero attached hydrogens (tertiary/aromatic N) is 1. The van der Waals surface area contributed by atoms with Crippen LogP contribution < -0.4 is 5.32 Å². The van der Waals surface area contributed by atoms with Gasteiger partial charge in [-0.1, -0.05) is 31.2 Å². The molecular weight excluding hydrogens is 244 g/mol. The SMILES string of the molecule is CCNC1c2ccccc2CCCC1N(C)CC1CC1. The van der Waals surface area contributed by atoms with Gasteiger partial charge in [-0.05, 0) is 62.7 Å². The van der Waals surface area contributed by atoms with Crippen LogP contribution in [0.3, 0.4) is 0 Å². The van der Waals surface area contributed by atoms with Gasteiger partial charge in [0.15, 0.2) is 0 Å². The summed E-state index contributed by atoms with van der Waals surface area (Å²) in [6.45, 7) is 4.56. The number of likely N-dealkylation sites (N-methyl/N-ethyl adjacent to an activating group) is 2. The van der Waals surface area contributed by atoms with Crippen molar-refractivity contribution in [2.45, 2.75) is 51.1 Å². The average molecular weight is 272 g/mol. The molecule has 0 spiro atoms. The molecule has 0 aliphatic heterocycles. The van der Waals surface area contributed by atoms with Crippen molar-refractivity contribution in [1.29, 1.82) is 0 Å². The molecule has 0 saturated heterocycles. The Hall–Kier alpha value is -0.860. The van der Waals surface area contributed by atoms with E-state index in [-0.39, 0.29) is 0 Å². The van der Waals surface area contributed by atoms with Gasteiger partial charge >= 0.3 is 0 Å². The third-order valence-electron chi connectivity index (χ3n) is 4.95. The first-order chi connectivity index (χ1) is 9.79. The predicted molar refractivity (Wildman–Crippen MR) is 84.9 cm³/mol. The fourth-order valence-corrected chi connectivity index (χ4v) is 3.72. The molecule has 1 aromatic rings. The highest BCUT2D eigenvalue weighted by Crippen LogP contribution is 2.35. The molecular formula is C18H28N2. The molecule has 0 bridgehead atoms. The lowest BCUT2D eigenvalue weighted by Crippen LogP contribution is -2.43. The normalized spacial score (nSPS) is 26.4. The van der Waals surface area contributed by atoms with E-state index in [0.717, 1.165) is 12.5 Å². The summed E-state index contributed by atoms with van der Waals surface area (Å²) >= 11 is 0. The van der Waals surface area contributed by atoms with Gasteiger partial charge in [0.2, 0.25) is 0 Å². The lowest BCUT2D eigenvalue weighted by molar-refractivity contribution is 0.177. The third kappa shape index (κ3) is 3.07. The molecule has 2 heteroatoms.